The smallest absolute Gasteiger partial charge is 0.326 e. The van der Waals surface area contributed by atoms with Crippen LogP contribution in [-0.4, -0.2) is 28.6 Å². The molecule has 5 nitrogen and oxygen atoms in total. The van der Waals surface area contributed by atoms with Crippen LogP contribution in [0.25, 0.3) is 11.1 Å². The van der Waals surface area contributed by atoms with E-state index in [0.29, 0.717) is 34.1 Å². The Morgan fingerprint density at radius 1 is 1.47 bits per heavy atom. The summed E-state index contributed by atoms with van der Waals surface area (Å²) in [5.74, 6) is -0.871. The zero-order valence-corrected chi connectivity index (χ0v) is 11.3. The van der Waals surface area contributed by atoms with Crippen LogP contribution in [0, 0.1) is 0 Å². The number of nitrogens with zero attached hydrogens (tertiary/aromatic N) is 2. The van der Waals surface area contributed by atoms with E-state index in [1.165, 1.54) is 0 Å². The van der Waals surface area contributed by atoms with E-state index in [1.54, 1.807) is 17.0 Å². The molecule has 0 amide bonds. The normalized spacial score (nSPS) is 19.3. The molecule has 0 radical (unpaired) electrons. The van der Waals surface area contributed by atoms with Gasteiger partial charge in [0.05, 0.1) is 5.02 Å². The van der Waals surface area contributed by atoms with Crippen molar-refractivity contribution in [3.63, 3.8) is 0 Å². The maximum Gasteiger partial charge on any atom is 0.326 e. The second-order valence-electron chi connectivity index (χ2n) is 4.42. The van der Waals surface area contributed by atoms with Crippen molar-refractivity contribution in [3.8, 4) is 0 Å². The molecule has 3 rings (SSSR count). The Bertz CT molecular complexity index is 656. The third-order valence-electron chi connectivity index (χ3n) is 3.18. The highest BCUT2D eigenvalue weighted by molar-refractivity contribution is 6.38. The summed E-state index contributed by atoms with van der Waals surface area (Å²) in [5.41, 5.74) is 0.959. The van der Waals surface area contributed by atoms with Crippen molar-refractivity contribution in [2.45, 2.75) is 18.9 Å². The van der Waals surface area contributed by atoms with E-state index in [9.17, 15) is 4.79 Å². The Balaban J connectivity index is 2.06. The maximum absolute atomic E-state index is 11.2. The summed E-state index contributed by atoms with van der Waals surface area (Å²) < 4.78 is 5.58. The predicted octanol–water partition coefficient (Wildman–Crippen LogP) is 3.19. The highest BCUT2D eigenvalue weighted by Gasteiger charge is 2.33. The van der Waals surface area contributed by atoms with E-state index in [2.05, 4.69) is 4.98 Å². The lowest BCUT2D eigenvalue weighted by molar-refractivity contribution is -0.138. The number of aromatic nitrogens is 1. The van der Waals surface area contributed by atoms with Crippen molar-refractivity contribution in [3.05, 3.63) is 22.2 Å². The van der Waals surface area contributed by atoms with E-state index in [4.69, 9.17) is 32.7 Å². The molecule has 1 saturated heterocycles. The standard InChI is InChI=1S/C12H10Cl2N2O3/c13-6-4-7(14)10-8(5-6)15-12(19-10)16-3-1-2-9(16)11(17)18/h4-5,9H,1-3H2,(H,17,18). The van der Waals surface area contributed by atoms with Crippen LogP contribution in [0.1, 0.15) is 12.8 Å². The number of halogens is 2. The highest BCUT2D eigenvalue weighted by atomic mass is 35.5. The van der Waals surface area contributed by atoms with Crippen molar-refractivity contribution in [2.24, 2.45) is 0 Å². The predicted molar refractivity (Wildman–Crippen MR) is 72.0 cm³/mol. The van der Waals surface area contributed by atoms with Crippen LogP contribution in [0.15, 0.2) is 16.5 Å². The Hall–Kier alpha value is -1.46. The SMILES string of the molecule is O=C(O)C1CCCN1c1nc2cc(Cl)cc(Cl)c2o1. The van der Waals surface area contributed by atoms with Crippen molar-refractivity contribution in [1.29, 1.82) is 0 Å². The van der Waals surface area contributed by atoms with Gasteiger partial charge in [-0.15, -0.1) is 0 Å². The second-order valence-corrected chi connectivity index (χ2v) is 5.27. The molecule has 1 atom stereocenters. The fraction of sp³-hybridized carbons (Fsp3) is 0.333. The minimum Gasteiger partial charge on any atom is -0.480 e. The number of carboxylic acids is 1. The summed E-state index contributed by atoms with van der Waals surface area (Å²) in [6.45, 7) is 0.606. The molecule has 1 aromatic heterocycles. The third kappa shape index (κ3) is 2.13. The summed E-state index contributed by atoms with van der Waals surface area (Å²) in [5, 5.41) is 9.99. The number of hydrogen-bond donors (Lipinski definition) is 1. The first-order valence-corrected chi connectivity index (χ1v) is 6.57. The van der Waals surface area contributed by atoms with Gasteiger partial charge < -0.3 is 14.4 Å². The van der Waals surface area contributed by atoms with E-state index in [0.717, 1.165) is 6.42 Å². The Kier molecular flexibility index (Phi) is 3.03. The van der Waals surface area contributed by atoms with Crippen LogP contribution < -0.4 is 4.90 Å². The molecule has 19 heavy (non-hydrogen) atoms. The molecule has 0 spiro atoms. The van der Waals surface area contributed by atoms with Crippen LogP contribution in [0.5, 0.6) is 0 Å². The largest absolute Gasteiger partial charge is 0.480 e. The van der Waals surface area contributed by atoms with Gasteiger partial charge in [-0.05, 0) is 25.0 Å². The van der Waals surface area contributed by atoms with E-state index in [-0.39, 0.29) is 6.01 Å². The molecule has 0 saturated carbocycles. The summed E-state index contributed by atoms with van der Waals surface area (Å²) in [4.78, 5) is 17.1. The number of hydrogen-bond acceptors (Lipinski definition) is 4. The minimum absolute atomic E-state index is 0.282. The number of aliphatic carboxylic acids is 1. The van der Waals surface area contributed by atoms with Crippen molar-refractivity contribution >= 4 is 46.3 Å². The highest BCUT2D eigenvalue weighted by Crippen LogP contribution is 2.33. The Morgan fingerprint density at radius 2 is 2.26 bits per heavy atom. The molecular weight excluding hydrogens is 291 g/mol. The summed E-state index contributed by atoms with van der Waals surface area (Å²) in [6, 6.07) is 2.90. The van der Waals surface area contributed by atoms with Crippen LogP contribution >= 0.6 is 23.2 Å². The van der Waals surface area contributed by atoms with Gasteiger partial charge in [0.1, 0.15) is 11.6 Å². The van der Waals surface area contributed by atoms with Gasteiger partial charge in [0, 0.05) is 11.6 Å². The summed E-state index contributed by atoms with van der Waals surface area (Å²) >= 11 is 11.9. The first kappa shape index (κ1) is 12.6. The molecule has 1 aliphatic heterocycles. The Labute approximate surface area is 118 Å². The lowest BCUT2D eigenvalue weighted by Crippen LogP contribution is -2.36. The Morgan fingerprint density at radius 3 is 3.00 bits per heavy atom. The maximum atomic E-state index is 11.2. The van der Waals surface area contributed by atoms with Crippen molar-refractivity contribution in [2.75, 3.05) is 11.4 Å². The average Bonchev–Trinajstić information content (AvgIpc) is 2.92. The van der Waals surface area contributed by atoms with Gasteiger partial charge in [-0.25, -0.2) is 4.79 Å². The molecule has 1 fully saturated rings. The van der Waals surface area contributed by atoms with E-state index < -0.39 is 12.0 Å². The van der Waals surface area contributed by atoms with Gasteiger partial charge in [-0.3, -0.25) is 0 Å². The number of benzene rings is 1. The summed E-state index contributed by atoms with van der Waals surface area (Å²) in [7, 11) is 0. The van der Waals surface area contributed by atoms with Crippen LogP contribution in [0.2, 0.25) is 10.0 Å². The van der Waals surface area contributed by atoms with Gasteiger partial charge in [-0.2, -0.15) is 4.98 Å². The topological polar surface area (TPSA) is 66.6 Å². The zero-order chi connectivity index (χ0) is 13.6. The molecule has 0 bridgehead atoms. The fourth-order valence-corrected chi connectivity index (χ4v) is 2.84. The number of anilines is 1. The molecule has 0 aliphatic carbocycles. The molecule has 1 aromatic carbocycles. The first-order chi connectivity index (χ1) is 9.06. The molecule has 1 aliphatic rings. The van der Waals surface area contributed by atoms with E-state index >= 15 is 0 Å². The van der Waals surface area contributed by atoms with Crippen molar-refractivity contribution < 1.29 is 14.3 Å². The van der Waals surface area contributed by atoms with Crippen LogP contribution in [0.3, 0.4) is 0 Å². The van der Waals surface area contributed by atoms with Gasteiger partial charge in [0.25, 0.3) is 6.01 Å². The lowest BCUT2D eigenvalue weighted by atomic mass is 10.2. The molecule has 2 aromatic rings. The molecule has 7 heteroatoms. The molecule has 2 heterocycles. The van der Waals surface area contributed by atoms with Gasteiger partial charge in [0.15, 0.2) is 5.58 Å². The van der Waals surface area contributed by atoms with E-state index in [1.807, 2.05) is 0 Å². The molecule has 1 unspecified atom stereocenters. The zero-order valence-electron chi connectivity index (χ0n) is 9.77. The van der Waals surface area contributed by atoms with Crippen LogP contribution in [-0.2, 0) is 4.79 Å². The monoisotopic (exact) mass is 300 g/mol. The number of rotatable bonds is 2. The van der Waals surface area contributed by atoms with Crippen LogP contribution in [0.4, 0.5) is 6.01 Å². The van der Waals surface area contributed by atoms with Gasteiger partial charge >= 0.3 is 5.97 Å². The fourth-order valence-electron chi connectivity index (χ4n) is 2.32. The van der Waals surface area contributed by atoms with Crippen molar-refractivity contribution in [1.82, 2.24) is 4.98 Å². The first-order valence-electron chi connectivity index (χ1n) is 5.81. The molecular formula is C12H10Cl2N2O3. The van der Waals surface area contributed by atoms with Gasteiger partial charge in [-0.1, -0.05) is 23.2 Å². The number of carbonyl (C=O) groups is 1. The average molecular weight is 301 g/mol. The second kappa shape index (κ2) is 4.58. The molecule has 1 N–H and O–H groups in total. The summed E-state index contributed by atoms with van der Waals surface area (Å²) in [6.07, 6.45) is 1.38. The number of fused-ring (bicyclic) bond motifs is 1. The molecule has 100 valence electrons. The minimum atomic E-state index is -0.871. The number of oxazole rings is 1. The van der Waals surface area contributed by atoms with Gasteiger partial charge in [0.2, 0.25) is 0 Å². The number of carboxylic acid groups (broad SMARTS) is 1. The quantitative estimate of drug-likeness (QED) is 0.922. The third-order valence-corrected chi connectivity index (χ3v) is 3.68. The lowest BCUT2D eigenvalue weighted by Gasteiger charge is -2.18.